The van der Waals surface area contributed by atoms with Crippen LogP contribution < -0.4 is 4.74 Å². The van der Waals surface area contributed by atoms with Gasteiger partial charge in [-0.3, -0.25) is 0 Å². The van der Waals surface area contributed by atoms with Crippen molar-refractivity contribution in [2.24, 2.45) is 0 Å². The zero-order valence-corrected chi connectivity index (χ0v) is 8.32. The van der Waals surface area contributed by atoms with Crippen LogP contribution in [0.15, 0.2) is 24.3 Å². The van der Waals surface area contributed by atoms with Crippen LogP contribution in [0, 0.1) is 6.61 Å². The topological polar surface area (TPSA) is 35.5 Å². The molecule has 3 heteroatoms. The van der Waals surface area contributed by atoms with E-state index in [1.165, 1.54) is 7.11 Å². The minimum Gasteiger partial charge on any atom is -0.486 e. The molecule has 0 heterocycles. The van der Waals surface area contributed by atoms with E-state index in [4.69, 9.17) is 4.74 Å². The number of benzene rings is 1. The number of carbonyl (C=O) groups is 1. The number of carbonyl (C=O) groups excluding carboxylic acids is 1. The molecule has 0 saturated carbocycles. The zero-order chi connectivity index (χ0) is 10.4. The van der Waals surface area contributed by atoms with Crippen LogP contribution >= 0.6 is 0 Å². The Kier molecular flexibility index (Phi) is 3.98. The van der Waals surface area contributed by atoms with E-state index in [1.807, 2.05) is 13.0 Å². The summed E-state index contributed by atoms with van der Waals surface area (Å²) in [5.41, 5.74) is 0.444. The Hall–Kier alpha value is -1.51. The minimum atomic E-state index is -0.384. The third-order valence-electron chi connectivity index (χ3n) is 1.67. The summed E-state index contributed by atoms with van der Waals surface area (Å²) in [6.07, 6.45) is 0.787. The first-order chi connectivity index (χ1) is 6.79. The van der Waals surface area contributed by atoms with Crippen molar-refractivity contribution < 1.29 is 14.3 Å². The Morgan fingerprint density at radius 1 is 1.43 bits per heavy atom. The summed E-state index contributed by atoms with van der Waals surface area (Å²) in [5, 5.41) is 0. The monoisotopic (exact) mass is 193 g/mol. The first kappa shape index (κ1) is 10.6. The Morgan fingerprint density at radius 2 is 2.14 bits per heavy atom. The van der Waals surface area contributed by atoms with E-state index in [-0.39, 0.29) is 5.97 Å². The number of rotatable bonds is 4. The van der Waals surface area contributed by atoms with Crippen LogP contribution in [0.2, 0.25) is 0 Å². The van der Waals surface area contributed by atoms with Gasteiger partial charge in [0.25, 0.3) is 0 Å². The molecule has 0 aliphatic heterocycles. The molecular weight excluding hydrogens is 180 g/mol. The molecule has 1 aromatic rings. The van der Waals surface area contributed by atoms with E-state index in [0.717, 1.165) is 6.42 Å². The standard InChI is InChI=1S/C11H13O3/c1-3-8-14-10-7-5-4-6-9(10)11(12)13-2/h4-8H,3H2,1-2H3. The lowest BCUT2D eigenvalue weighted by Crippen LogP contribution is -2.04. The lowest BCUT2D eigenvalue weighted by Gasteiger charge is -2.07. The maximum atomic E-state index is 11.3. The lowest BCUT2D eigenvalue weighted by molar-refractivity contribution is 0.0597. The fourth-order valence-electron chi connectivity index (χ4n) is 1.02. The fraction of sp³-hybridized carbons (Fsp3) is 0.273. The van der Waals surface area contributed by atoms with E-state index >= 15 is 0 Å². The molecule has 0 atom stereocenters. The predicted octanol–water partition coefficient (Wildman–Crippen LogP) is 2.42. The van der Waals surface area contributed by atoms with Crippen molar-refractivity contribution in [3.05, 3.63) is 36.4 Å². The minimum absolute atomic E-state index is 0.384. The van der Waals surface area contributed by atoms with Crippen LogP contribution in [-0.2, 0) is 4.74 Å². The van der Waals surface area contributed by atoms with E-state index in [0.29, 0.717) is 11.3 Å². The fourth-order valence-corrected chi connectivity index (χ4v) is 1.02. The van der Waals surface area contributed by atoms with E-state index in [2.05, 4.69) is 4.74 Å². The molecule has 14 heavy (non-hydrogen) atoms. The average Bonchev–Trinajstić information content (AvgIpc) is 2.25. The smallest absolute Gasteiger partial charge is 0.341 e. The van der Waals surface area contributed by atoms with Gasteiger partial charge in [0.2, 0.25) is 0 Å². The molecule has 0 N–H and O–H groups in total. The molecule has 1 radical (unpaired) electrons. The summed E-state index contributed by atoms with van der Waals surface area (Å²) in [4.78, 5) is 11.3. The van der Waals surface area contributed by atoms with Gasteiger partial charge in [-0.2, -0.15) is 0 Å². The molecule has 1 rings (SSSR count). The molecule has 0 spiro atoms. The number of esters is 1. The van der Waals surface area contributed by atoms with Gasteiger partial charge in [-0.15, -0.1) is 0 Å². The van der Waals surface area contributed by atoms with Gasteiger partial charge in [0.15, 0.2) is 0 Å². The average molecular weight is 193 g/mol. The molecule has 0 bridgehead atoms. The molecule has 0 saturated heterocycles. The van der Waals surface area contributed by atoms with Gasteiger partial charge in [0.05, 0.1) is 7.11 Å². The summed E-state index contributed by atoms with van der Waals surface area (Å²) in [6.45, 7) is 3.60. The van der Waals surface area contributed by atoms with Crippen molar-refractivity contribution in [1.82, 2.24) is 0 Å². The maximum absolute atomic E-state index is 11.3. The molecule has 0 fully saturated rings. The molecule has 0 aromatic heterocycles. The second-order valence-electron chi connectivity index (χ2n) is 2.68. The highest BCUT2D eigenvalue weighted by atomic mass is 16.5. The number of hydrogen-bond donors (Lipinski definition) is 0. The zero-order valence-electron chi connectivity index (χ0n) is 8.32. The van der Waals surface area contributed by atoms with Gasteiger partial charge in [-0.1, -0.05) is 19.1 Å². The lowest BCUT2D eigenvalue weighted by atomic mass is 10.2. The molecule has 3 nitrogen and oxygen atoms in total. The third-order valence-corrected chi connectivity index (χ3v) is 1.67. The highest BCUT2D eigenvalue weighted by Gasteiger charge is 2.11. The Bertz CT molecular complexity index is 307. The van der Waals surface area contributed by atoms with Crippen LogP contribution in [0.25, 0.3) is 0 Å². The highest BCUT2D eigenvalue weighted by molar-refractivity contribution is 5.92. The van der Waals surface area contributed by atoms with Gasteiger partial charge in [0, 0.05) is 0 Å². The number of methoxy groups -OCH3 is 1. The summed E-state index contributed by atoms with van der Waals surface area (Å²) >= 11 is 0. The van der Waals surface area contributed by atoms with Crippen molar-refractivity contribution >= 4 is 5.97 Å². The Morgan fingerprint density at radius 3 is 2.79 bits per heavy atom. The van der Waals surface area contributed by atoms with Gasteiger partial charge in [0.1, 0.15) is 17.9 Å². The molecule has 0 unspecified atom stereocenters. The van der Waals surface area contributed by atoms with Crippen molar-refractivity contribution in [1.29, 1.82) is 0 Å². The van der Waals surface area contributed by atoms with E-state index in [9.17, 15) is 4.79 Å². The van der Waals surface area contributed by atoms with Crippen molar-refractivity contribution in [2.45, 2.75) is 13.3 Å². The molecule has 1 aromatic carbocycles. The second-order valence-corrected chi connectivity index (χ2v) is 2.68. The molecule has 75 valence electrons. The van der Waals surface area contributed by atoms with Crippen molar-refractivity contribution in [3.8, 4) is 5.75 Å². The Labute approximate surface area is 83.6 Å². The first-order valence-electron chi connectivity index (χ1n) is 4.45. The quantitative estimate of drug-likeness (QED) is 0.689. The number of para-hydroxylation sites is 1. The third kappa shape index (κ3) is 2.49. The summed E-state index contributed by atoms with van der Waals surface area (Å²) in [5.74, 6) is 0.145. The van der Waals surface area contributed by atoms with Crippen LogP contribution in [-0.4, -0.2) is 13.1 Å². The maximum Gasteiger partial charge on any atom is 0.341 e. The summed E-state index contributed by atoms with van der Waals surface area (Å²) in [6, 6.07) is 6.99. The highest BCUT2D eigenvalue weighted by Crippen LogP contribution is 2.19. The van der Waals surface area contributed by atoms with Gasteiger partial charge < -0.3 is 9.47 Å². The molecule has 0 aliphatic carbocycles. The largest absolute Gasteiger partial charge is 0.486 e. The molecule has 0 aliphatic rings. The van der Waals surface area contributed by atoms with E-state index in [1.54, 1.807) is 24.8 Å². The van der Waals surface area contributed by atoms with Crippen molar-refractivity contribution in [3.63, 3.8) is 0 Å². The van der Waals surface area contributed by atoms with Gasteiger partial charge in [-0.05, 0) is 18.6 Å². The van der Waals surface area contributed by atoms with Gasteiger partial charge >= 0.3 is 5.97 Å². The molecular formula is C11H13O3. The van der Waals surface area contributed by atoms with Crippen LogP contribution in [0.4, 0.5) is 0 Å². The van der Waals surface area contributed by atoms with Crippen LogP contribution in [0.5, 0.6) is 5.75 Å². The predicted molar refractivity (Wildman–Crippen MR) is 53.0 cm³/mol. The van der Waals surface area contributed by atoms with E-state index < -0.39 is 0 Å². The summed E-state index contributed by atoms with van der Waals surface area (Å²) < 4.78 is 9.91. The van der Waals surface area contributed by atoms with Crippen LogP contribution in [0.3, 0.4) is 0 Å². The number of ether oxygens (including phenoxy) is 2. The molecule has 0 amide bonds. The number of hydrogen-bond acceptors (Lipinski definition) is 3. The first-order valence-corrected chi connectivity index (χ1v) is 4.45. The van der Waals surface area contributed by atoms with Crippen molar-refractivity contribution in [2.75, 3.05) is 7.11 Å². The Balaban J connectivity index is 2.85. The summed E-state index contributed by atoms with van der Waals surface area (Å²) in [7, 11) is 1.35. The second kappa shape index (κ2) is 5.27. The van der Waals surface area contributed by atoms with Crippen LogP contribution in [0.1, 0.15) is 23.7 Å². The van der Waals surface area contributed by atoms with Gasteiger partial charge in [-0.25, -0.2) is 4.79 Å². The SMILES string of the molecule is CC[CH]Oc1ccccc1C(=O)OC. The normalized spacial score (nSPS) is 9.57.